The van der Waals surface area contributed by atoms with E-state index in [0.29, 0.717) is 9.49 Å². The SMILES string of the molecule is CC1CS/C(=C(\C(=O)[O-])C(=O)/C=C/c2ccccc2)S1. The number of ketones is 1. The first-order chi connectivity index (χ1) is 9.58. The van der Waals surface area contributed by atoms with Crippen LogP contribution in [0.3, 0.4) is 0 Å². The first-order valence-corrected chi connectivity index (χ1v) is 7.97. The van der Waals surface area contributed by atoms with Crippen LogP contribution in [0.1, 0.15) is 12.5 Å². The van der Waals surface area contributed by atoms with Gasteiger partial charge in [-0.2, -0.15) is 0 Å². The van der Waals surface area contributed by atoms with E-state index in [-0.39, 0.29) is 5.57 Å². The van der Waals surface area contributed by atoms with E-state index in [9.17, 15) is 14.7 Å². The van der Waals surface area contributed by atoms with E-state index in [1.54, 1.807) is 6.08 Å². The summed E-state index contributed by atoms with van der Waals surface area (Å²) in [6.07, 6.45) is 2.90. The van der Waals surface area contributed by atoms with Crippen LogP contribution in [0.15, 0.2) is 46.2 Å². The van der Waals surface area contributed by atoms with Gasteiger partial charge in [0.2, 0.25) is 0 Å². The summed E-state index contributed by atoms with van der Waals surface area (Å²) in [5.74, 6) is -1.11. The average molecular weight is 305 g/mol. The Morgan fingerprint density at radius 3 is 2.55 bits per heavy atom. The lowest BCUT2D eigenvalue weighted by Gasteiger charge is -2.08. The van der Waals surface area contributed by atoms with Crippen LogP contribution < -0.4 is 5.11 Å². The molecule has 20 heavy (non-hydrogen) atoms. The van der Waals surface area contributed by atoms with Crippen molar-refractivity contribution in [3.8, 4) is 0 Å². The number of carbonyl (C=O) groups excluding carboxylic acids is 2. The quantitative estimate of drug-likeness (QED) is 0.484. The molecular weight excluding hydrogens is 292 g/mol. The molecule has 104 valence electrons. The second kappa shape index (κ2) is 6.81. The van der Waals surface area contributed by atoms with Crippen molar-refractivity contribution in [2.24, 2.45) is 0 Å². The van der Waals surface area contributed by atoms with Gasteiger partial charge in [-0.05, 0) is 11.6 Å². The molecule has 0 radical (unpaired) electrons. The van der Waals surface area contributed by atoms with Gasteiger partial charge in [-0.15, -0.1) is 23.5 Å². The second-order valence-corrected chi connectivity index (χ2v) is 7.04. The maximum Gasteiger partial charge on any atom is 0.189 e. The van der Waals surface area contributed by atoms with E-state index in [4.69, 9.17) is 0 Å². The van der Waals surface area contributed by atoms with E-state index >= 15 is 0 Å². The molecule has 1 fully saturated rings. The van der Waals surface area contributed by atoms with Crippen LogP contribution in [-0.2, 0) is 9.59 Å². The molecule has 0 N–H and O–H groups in total. The predicted octanol–water partition coefficient (Wildman–Crippen LogP) is 2.10. The molecule has 0 spiro atoms. The summed E-state index contributed by atoms with van der Waals surface area (Å²) in [5.41, 5.74) is 0.625. The lowest BCUT2D eigenvalue weighted by atomic mass is 10.1. The Labute approximate surface area is 126 Å². The first-order valence-electron chi connectivity index (χ1n) is 6.10. The van der Waals surface area contributed by atoms with E-state index in [0.717, 1.165) is 11.3 Å². The summed E-state index contributed by atoms with van der Waals surface area (Å²) in [6.45, 7) is 2.00. The number of thioether (sulfide) groups is 2. The van der Waals surface area contributed by atoms with Crippen LogP contribution in [0.2, 0.25) is 0 Å². The standard InChI is InChI=1S/C15H14O3S2/c1-10-9-19-15(20-10)13(14(17)18)12(16)8-7-11-5-3-2-4-6-11/h2-8,10H,9H2,1H3,(H,17,18)/p-1/b8-7+,15-13+. The number of aliphatic carboxylic acids is 1. The summed E-state index contributed by atoms with van der Waals surface area (Å²) < 4.78 is 0.556. The number of hydrogen-bond acceptors (Lipinski definition) is 5. The van der Waals surface area contributed by atoms with Gasteiger partial charge in [0.15, 0.2) is 5.78 Å². The highest BCUT2D eigenvalue weighted by Gasteiger charge is 2.23. The van der Waals surface area contributed by atoms with Crippen molar-refractivity contribution in [2.45, 2.75) is 12.2 Å². The van der Waals surface area contributed by atoms with Crippen molar-refractivity contribution in [1.29, 1.82) is 0 Å². The van der Waals surface area contributed by atoms with Gasteiger partial charge in [-0.25, -0.2) is 0 Å². The Morgan fingerprint density at radius 2 is 2.00 bits per heavy atom. The molecule has 1 aliphatic heterocycles. The van der Waals surface area contributed by atoms with Crippen molar-refractivity contribution in [3.63, 3.8) is 0 Å². The largest absolute Gasteiger partial charge is 0.545 e. The van der Waals surface area contributed by atoms with Crippen LogP contribution in [0.4, 0.5) is 0 Å². The Bertz CT molecular complexity index is 576. The van der Waals surface area contributed by atoms with Gasteiger partial charge in [-0.3, -0.25) is 4.79 Å². The second-order valence-electron chi connectivity index (χ2n) is 4.30. The number of allylic oxidation sites excluding steroid dienone is 1. The fourth-order valence-corrected chi connectivity index (χ4v) is 4.51. The lowest BCUT2D eigenvalue weighted by Crippen LogP contribution is -2.28. The third-order valence-corrected chi connectivity index (χ3v) is 5.61. The zero-order valence-electron chi connectivity index (χ0n) is 10.9. The molecule has 0 saturated carbocycles. The van der Waals surface area contributed by atoms with E-state index in [1.807, 2.05) is 37.3 Å². The van der Waals surface area contributed by atoms with Gasteiger partial charge in [0.05, 0.1) is 15.8 Å². The molecule has 1 saturated heterocycles. The molecular formula is C15H13O3S2-. The monoisotopic (exact) mass is 305 g/mol. The third kappa shape index (κ3) is 3.77. The minimum absolute atomic E-state index is 0.225. The number of carboxylic acid groups (broad SMARTS) is 1. The summed E-state index contributed by atoms with van der Waals surface area (Å²) in [4.78, 5) is 23.3. The van der Waals surface area contributed by atoms with Crippen LogP contribution in [0, 0.1) is 0 Å². The molecule has 0 aromatic heterocycles. The molecule has 5 heteroatoms. The van der Waals surface area contributed by atoms with Crippen molar-refractivity contribution < 1.29 is 14.7 Å². The zero-order valence-corrected chi connectivity index (χ0v) is 12.5. The van der Waals surface area contributed by atoms with Crippen LogP contribution in [-0.4, -0.2) is 22.8 Å². The maximum atomic E-state index is 12.1. The third-order valence-electron chi connectivity index (χ3n) is 2.64. The van der Waals surface area contributed by atoms with Gasteiger partial charge in [0, 0.05) is 11.0 Å². The van der Waals surface area contributed by atoms with Crippen molar-refractivity contribution >= 4 is 41.4 Å². The number of hydrogen-bond donors (Lipinski definition) is 0. The fraction of sp³-hybridized carbons (Fsp3) is 0.200. The Hall–Kier alpha value is -1.46. The zero-order chi connectivity index (χ0) is 14.5. The average Bonchev–Trinajstić information content (AvgIpc) is 2.83. The molecule has 3 nitrogen and oxygen atoms in total. The summed E-state index contributed by atoms with van der Waals surface area (Å²) in [6, 6.07) is 9.27. The summed E-state index contributed by atoms with van der Waals surface area (Å²) >= 11 is 2.82. The molecule has 1 atom stereocenters. The highest BCUT2D eigenvalue weighted by atomic mass is 32.2. The van der Waals surface area contributed by atoms with E-state index in [1.165, 1.54) is 29.6 Å². The molecule has 1 aromatic rings. The van der Waals surface area contributed by atoms with Gasteiger partial charge >= 0.3 is 0 Å². The summed E-state index contributed by atoms with van der Waals surface area (Å²) in [5, 5.41) is 11.5. The van der Waals surface area contributed by atoms with Crippen LogP contribution >= 0.6 is 23.5 Å². The lowest BCUT2D eigenvalue weighted by molar-refractivity contribution is -0.298. The van der Waals surface area contributed by atoms with Gasteiger partial charge < -0.3 is 9.90 Å². The van der Waals surface area contributed by atoms with Crippen LogP contribution in [0.5, 0.6) is 0 Å². The highest BCUT2D eigenvalue weighted by Crippen LogP contribution is 2.43. The molecule has 1 aromatic carbocycles. The van der Waals surface area contributed by atoms with Gasteiger partial charge in [0.25, 0.3) is 0 Å². The topological polar surface area (TPSA) is 57.2 Å². The molecule has 0 bridgehead atoms. The Kier molecular flexibility index (Phi) is 5.09. The summed E-state index contributed by atoms with van der Waals surface area (Å²) in [7, 11) is 0. The van der Waals surface area contributed by atoms with E-state index < -0.39 is 11.8 Å². The highest BCUT2D eigenvalue weighted by molar-refractivity contribution is 8.25. The van der Waals surface area contributed by atoms with Crippen molar-refractivity contribution in [2.75, 3.05) is 5.75 Å². The maximum absolute atomic E-state index is 12.1. The Balaban J connectivity index is 2.21. The Morgan fingerprint density at radius 1 is 1.30 bits per heavy atom. The van der Waals surface area contributed by atoms with Crippen molar-refractivity contribution in [1.82, 2.24) is 0 Å². The smallest absolute Gasteiger partial charge is 0.189 e. The minimum Gasteiger partial charge on any atom is -0.545 e. The van der Waals surface area contributed by atoms with Crippen molar-refractivity contribution in [3.05, 3.63) is 51.8 Å². The number of carbonyl (C=O) groups is 2. The molecule has 1 unspecified atom stereocenters. The normalized spacial score (nSPS) is 21.1. The molecule has 2 rings (SSSR count). The molecule has 0 amide bonds. The van der Waals surface area contributed by atoms with Crippen LogP contribution in [0.25, 0.3) is 6.08 Å². The molecule has 1 heterocycles. The fourth-order valence-electron chi connectivity index (χ4n) is 1.68. The number of rotatable bonds is 4. The molecule has 0 aliphatic carbocycles. The van der Waals surface area contributed by atoms with E-state index in [2.05, 4.69) is 0 Å². The molecule has 1 aliphatic rings. The number of benzene rings is 1. The minimum atomic E-state index is -1.41. The van der Waals surface area contributed by atoms with Gasteiger partial charge in [-0.1, -0.05) is 43.3 Å². The van der Waals surface area contributed by atoms with Gasteiger partial charge in [0.1, 0.15) is 0 Å². The predicted molar refractivity (Wildman–Crippen MR) is 82.0 cm³/mol. The number of carboxylic acids is 1. The first kappa shape index (κ1) is 14.9.